The predicted molar refractivity (Wildman–Crippen MR) is 103 cm³/mol. The van der Waals surface area contributed by atoms with E-state index in [1.165, 1.54) is 0 Å². The van der Waals surface area contributed by atoms with Crippen LogP contribution in [0.15, 0.2) is 23.0 Å². The lowest BCUT2D eigenvalue weighted by molar-refractivity contribution is -0.136. The van der Waals surface area contributed by atoms with Crippen LogP contribution in [0.1, 0.15) is 37.6 Å². The van der Waals surface area contributed by atoms with Gasteiger partial charge in [0.1, 0.15) is 12.4 Å². The molecule has 0 radical (unpaired) electrons. The van der Waals surface area contributed by atoms with Crippen molar-refractivity contribution < 1.29 is 14.6 Å². The number of hydrogen-bond donors (Lipinski definition) is 1. The van der Waals surface area contributed by atoms with E-state index in [9.17, 15) is 9.59 Å². The lowest BCUT2D eigenvalue weighted by atomic mass is 10.0. The number of aliphatic carboxylic acids is 1. The summed E-state index contributed by atoms with van der Waals surface area (Å²) >= 11 is 0. The van der Waals surface area contributed by atoms with Crippen molar-refractivity contribution in [1.82, 2.24) is 9.47 Å². The Morgan fingerprint density at radius 3 is 2.58 bits per heavy atom. The molecule has 0 spiro atoms. The summed E-state index contributed by atoms with van der Waals surface area (Å²) in [6.07, 6.45) is 0.190. The number of aromatic nitrogens is 1. The number of fused-ring (bicyclic) bond motifs is 1. The number of pyridine rings is 1. The Hall–Kier alpha value is -2.34. The quantitative estimate of drug-likeness (QED) is 0.784. The van der Waals surface area contributed by atoms with E-state index >= 15 is 0 Å². The maximum absolute atomic E-state index is 12.9. The summed E-state index contributed by atoms with van der Waals surface area (Å²) in [5, 5.41) is 9.58. The molecule has 6 heteroatoms. The van der Waals surface area contributed by atoms with Crippen molar-refractivity contribution in [3.05, 3.63) is 39.7 Å². The van der Waals surface area contributed by atoms with E-state index in [0.717, 1.165) is 23.5 Å². The molecule has 2 rings (SSSR count). The lowest BCUT2D eigenvalue weighted by Gasteiger charge is -2.22. The van der Waals surface area contributed by atoms with Crippen molar-refractivity contribution in [2.24, 2.45) is 0 Å². The van der Waals surface area contributed by atoms with Crippen LogP contribution in [-0.2, 0) is 11.2 Å². The monoisotopic (exact) mass is 360 g/mol. The smallest absolute Gasteiger partial charge is 0.303 e. The third kappa shape index (κ3) is 4.43. The average Bonchev–Trinajstić information content (AvgIpc) is 2.53. The molecule has 0 unspecified atom stereocenters. The van der Waals surface area contributed by atoms with Gasteiger partial charge in [0.05, 0.1) is 5.52 Å². The SMILES string of the molecule is Cc1c(CCC(=O)O)c(=O)c2ccc(OCCN(C)C)cc2n1C(C)C. The van der Waals surface area contributed by atoms with Crippen molar-refractivity contribution in [3.63, 3.8) is 0 Å². The number of likely N-dealkylation sites (N-methyl/N-ethyl adjacent to an activating group) is 1. The molecule has 1 aromatic heterocycles. The number of nitrogens with zero attached hydrogens (tertiary/aromatic N) is 2. The van der Waals surface area contributed by atoms with E-state index in [4.69, 9.17) is 9.84 Å². The fourth-order valence-electron chi connectivity index (χ4n) is 3.18. The molecule has 1 heterocycles. The minimum Gasteiger partial charge on any atom is -0.492 e. The van der Waals surface area contributed by atoms with Gasteiger partial charge in [-0.2, -0.15) is 0 Å². The molecule has 1 aromatic carbocycles. The number of benzene rings is 1. The number of ether oxygens (including phenoxy) is 1. The minimum atomic E-state index is -0.898. The Labute approximate surface area is 154 Å². The van der Waals surface area contributed by atoms with Crippen LogP contribution >= 0.6 is 0 Å². The van der Waals surface area contributed by atoms with Crippen molar-refractivity contribution in [2.45, 2.75) is 39.7 Å². The van der Waals surface area contributed by atoms with Gasteiger partial charge in [-0.05, 0) is 53.4 Å². The Bertz CT molecular complexity index is 853. The maximum Gasteiger partial charge on any atom is 0.303 e. The maximum atomic E-state index is 12.9. The molecule has 142 valence electrons. The summed E-state index contributed by atoms with van der Waals surface area (Å²) in [7, 11) is 3.98. The van der Waals surface area contributed by atoms with E-state index < -0.39 is 5.97 Å². The highest BCUT2D eigenvalue weighted by Gasteiger charge is 2.17. The van der Waals surface area contributed by atoms with Crippen molar-refractivity contribution in [2.75, 3.05) is 27.2 Å². The summed E-state index contributed by atoms with van der Waals surface area (Å²) in [6.45, 7) is 7.37. The van der Waals surface area contributed by atoms with Gasteiger partial charge in [-0.15, -0.1) is 0 Å². The summed E-state index contributed by atoms with van der Waals surface area (Å²) in [4.78, 5) is 25.9. The average molecular weight is 360 g/mol. The molecule has 6 nitrogen and oxygen atoms in total. The highest BCUT2D eigenvalue weighted by atomic mass is 16.5. The van der Waals surface area contributed by atoms with E-state index in [-0.39, 0.29) is 24.3 Å². The zero-order valence-corrected chi connectivity index (χ0v) is 16.2. The first-order valence-corrected chi connectivity index (χ1v) is 8.89. The molecule has 0 bridgehead atoms. The second-order valence-electron chi connectivity index (χ2n) is 7.08. The van der Waals surface area contributed by atoms with Crippen molar-refractivity contribution >= 4 is 16.9 Å². The molecular formula is C20H28N2O4. The van der Waals surface area contributed by atoms with Crippen molar-refractivity contribution in [1.29, 1.82) is 0 Å². The number of carboxylic acids is 1. The van der Waals surface area contributed by atoms with Gasteiger partial charge in [0, 0.05) is 41.7 Å². The molecule has 0 amide bonds. The van der Waals surface area contributed by atoms with Gasteiger partial charge in [0.25, 0.3) is 0 Å². The van der Waals surface area contributed by atoms with Crippen LogP contribution in [0.2, 0.25) is 0 Å². The second kappa shape index (κ2) is 8.36. The Morgan fingerprint density at radius 1 is 1.31 bits per heavy atom. The normalized spacial score (nSPS) is 11.5. The van der Waals surface area contributed by atoms with E-state index in [2.05, 4.69) is 18.4 Å². The van der Waals surface area contributed by atoms with E-state index in [1.54, 1.807) is 12.1 Å². The first-order valence-electron chi connectivity index (χ1n) is 8.89. The molecule has 0 aliphatic rings. The van der Waals surface area contributed by atoms with Crippen LogP contribution in [0.3, 0.4) is 0 Å². The number of carboxylic acid groups (broad SMARTS) is 1. The van der Waals surface area contributed by atoms with E-state index in [0.29, 0.717) is 17.6 Å². The van der Waals surface area contributed by atoms with Gasteiger partial charge >= 0.3 is 5.97 Å². The predicted octanol–water partition coefficient (Wildman–Crippen LogP) is 2.85. The summed E-state index contributed by atoms with van der Waals surface area (Å²) in [5.74, 6) is -0.171. The standard InChI is InChI=1S/C20H28N2O4/c1-13(2)22-14(3)16(8-9-19(23)24)20(25)17-7-6-15(12-18(17)22)26-11-10-21(4)5/h6-7,12-13H,8-11H2,1-5H3,(H,23,24). The molecule has 2 aromatic rings. The molecule has 0 aliphatic carbocycles. The number of hydrogen-bond acceptors (Lipinski definition) is 4. The second-order valence-corrected chi connectivity index (χ2v) is 7.08. The Balaban J connectivity index is 2.53. The topological polar surface area (TPSA) is 71.8 Å². The first-order chi connectivity index (χ1) is 12.2. The first kappa shape index (κ1) is 20.0. The third-order valence-electron chi connectivity index (χ3n) is 4.46. The molecule has 1 N–H and O–H groups in total. The highest BCUT2D eigenvalue weighted by molar-refractivity contribution is 5.82. The fourth-order valence-corrected chi connectivity index (χ4v) is 3.18. The largest absolute Gasteiger partial charge is 0.492 e. The summed E-state index contributed by atoms with van der Waals surface area (Å²) < 4.78 is 7.90. The van der Waals surface area contributed by atoms with Gasteiger partial charge in [-0.3, -0.25) is 9.59 Å². The zero-order chi connectivity index (χ0) is 19.4. The lowest BCUT2D eigenvalue weighted by Crippen LogP contribution is -2.21. The van der Waals surface area contributed by atoms with Crippen molar-refractivity contribution in [3.8, 4) is 5.75 Å². The highest BCUT2D eigenvalue weighted by Crippen LogP contribution is 2.25. The van der Waals surface area contributed by atoms with Gasteiger partial charge in [0.2, 0.25) is 0 Å². The summed E-state index contributed by atoms with van der Waals surface area (Å²) in [6, 6.07) is 5.63. The molecular weight excluding hydrogens is 332 g/mol. The van der Waals surface area contributed by atoms with Gasteiger partial charge in [0.15, 0.2) is 5.43 Å². The van der Waals surface area contributed by atoms with Crippen LogP contribution in [0.5, 0.6) is 5.75 Å². The molecule has 0 saturated heterocycles. The van der Waals surface area contributed by atoms with Crippen LogP contribution in [0, 0.1) is 6.92 Å². The number of rotatable bonds is 8. The van der Waals surface area contributed by atoms with Gasteiger partial charge in [-0.1, -0.05) is 0 Å². The Kier molecular flexibility index (Phi) is 6.42. The molecule has 0 saturated carbocycles. The van der Waals surface area contributed by atoms with Crippen LogP contribution in [0.25, 0.3) is 10.9 Å². The van der Waals surface area contributed by atoms with Crippen LogP contribution < -0.4 is 10.2 Å². The number of carbonyl (C=O) groups is 1. The molecule has 0 fully saturated rings. The minimum absolute atomic E-state index is 0.0502. The summed E-state index contributed by atoms with van der Waals surface area (Å²) in [5.41, 5.74) is 2.14. The third-order valence-corrected chi connectivity index (χ3v) is 4.46. The van der Waals surface area contributed by atoms with Crippen LogP contribution in [-0.4, -0.2) is 47.8 Å². The van der Waals surface area contributed by atoms with Crippen LogP contribution in [0.4, 0.5) is 0 Å². The Morgan fingerprint density at radius 2 is 2.00 bits per heavy atom. The van der Waals surface area contributed by atoms with E-state index in [1.807, 2.05) is 32.0 Å². The zero-order valence-electron chi connectivity index (χ0n) is 16.2. The van der Waals surface area contributed by atoms with Gasteiger partial charge in [-0.25, -0.2) is 0 Å². The molecule has 0 atom stereocenters. The fraction of sp³-hybridized carbons (Fsp3) is 0.500. The van der Waals surface area contributed by atoms with Gasteiger partial charge < -0.3 is 19.3 Å². The molecule has 26 heavy (non-hydrogen) atoms. The molecule has 0 aliphatic heterocycles.